The van der Waals surface area contributed by atoms with Gasteiger partial charge in [-0.1, -0.05) is 5.11 Å². The van der Waals surface area contributed by atoms with Crippen LogP contribution in [0.25, 0.3) is 10.4 Å². The van der Waals surface area contributed by atoms with Gasteiger partial charge < -0.3 is 40.3 Å². The van der Waals surface area contributed by atoms with Crippen molar-refractivity contribution in [3.8, 4) is 5.75 Å². The van der Waals surface area contributed by atoms with Crippen LogP contribution in [-0.4, -0.2) is 91.9 Å². The van der Waals surface area contributed by atoms with Gasteiger partial charge in [-0.2, -0.15) is 0 Å². The third kappa shape index (κ3) is 5.23. The van der Waals surface area contributed by atoms with Crippen LogP contribution in [0.3, 0.4) is 0 Å². The molecule has 1 saturated heterocycles. The first kappa shape index (κ1) is 25.2. The Balaban J connectivity index is 2.52. The highest BCUT2D eigenvalue weighted by Crippen LogP contribution is 2.36. The first-order chi connectivity index (χ1) is 15.1. The second-order valence-corrected chi connectivity index (χ2v) is 7.01. The highest BCUT2D eigenvalue weighted by molar-refractivity contribution is 5.73. The van der Waals surface area contributed by atoms with E-state index >= 15 is 0 Å². The summed E-state index contributed by atoms with van der Waals surface area (Å²) in [5, 5.41) is 67.0. The van der Waals surface area contributed by atoms with Crippen molar-refractivity contribution in [2.75, 3.05) is 13.2 Å². The minimum absolute atomic E-state index is 0.0936. The van der Waals surface area contributed by atoms with Crippen molar-refractivity contribution in [3.63, 3.8) is 0 Å². The molecule has 1 aromatic carbocycles. The molecule has 32 heavy (non-hydrogen) atoms. The lowest BCUT2D eigenvalue weighted by molar-refractivity contribution is -0.384. The molecule has 0 spiro atoms. The van der Waals surface area contributed by atoms with Crippen LogP contribution in [0.5, 0.6) is 5.75 Å². The number of carbonyl (C=O) groups is 1. The molecule has 1 aliphatic rings. The molecule has 15 heteroatoms. The molecule has 15 nitrogen and oxygen atoms in total. The van der Waals surface area contributed by atoms with Crippen molar-refractivity contribution in [3.05, 3.63) is 44.8 Å². The van der Waals surface area contributed by atoms with Gasteiger partial charge >= 0.3 is 0 Å². The number of nitro groups is 1. The Morgan fingerprint density at radius 3 is 2.50 bits per heavy atom. The Bertz CT molecular complexity index is 864. The van der Waals surface area contributed by atoms with Gasteiger partial charge in [0.15, 0.2) is 0 Å². The highest BCUT2D eigenvalue weighted by atomic mass is 16.7. The second kappa shape index (κ2) is 10.5. The molecule has 0 saturated carbocycles. The van der Waals surface area contributed by atoms with Crippen molar-refractivity contribution >= 4 is 11.6 Å². The molecule has 176 valence electrons. The summed E-state index contributed by atoms with van der Waals surface area (Å²) in [6, 6.07) is 1.37. The molecule has 1 aromatic rings. The maximum atomic E-state index is 11.6. The fraction of sp³-hybridized carbons (Fsp3) is 0.588. The molecule has 1 heterocycles. The molecule has 7 atom stereocenters. The van der Waals surface area contributed by atoms with E-state index in [1.165, 1.54) is 0 Å². The maximum Gasteiger partial charge on any atom is 0.269 e. The highest BCUT2D eigenvalue weighted by Gasteiger charge is 2.58. The van der Waals surface area contributed by atoms with E-state index in [2.05, 4.69) is 15.3 Å². The predicted octanol–water partition coefficient (Wildman–Crippen LogP) is -1.68. The monoisotopic (exact) mass is 457 g/mol. The number of rotatable bonds is 9. The molecule has 6 N–H and O–H groups in total. The van der Waals surface area contributed by atoms with Crippen LogP contribution in [0.4, 0.5) is 5.69 Å². The van der Waals surface area contributed by atoms with Crippen molar-refractivity contribution in [1.82, 2.24) is 5.32 Å². The Hall–Kier alpha value is -3.04. The number of aliphatic hydroxyl groups is 5. The number of nitrogens with zero attached hydrogens (tertiary/aromatic N) is 4. The Morgan fingerprint density at radius 2 is 2.03 bits per heavy atom. The molecular weight excluding hydrogens is 434 g/mol. The van der Waals surface area contributed by atoms with E-state index in [4.69, 9.17) is 15.0 Å². The fourth-order valence-electron chi connectivity index (χ4n) is 3.33. The fourth-order valence-corrected chi connectivity index (χ4v) is 3.33. The zero-order valence-electron chi connectivity index (χ0n) is 16.8. The van der Waals surface area contributed by atoms with E-state index in [9.17, 15) is 40.4 Å². The van der Waals surface area contributed by atoms with Crippen molar-refractivity contribution in [2.24, 2.45) is 5.11 Å². The van der Waals surface area contributed by atoms with Gasteiger partial charge in [0.1, 0.15) is 36.7 Å². The van der Waals surface area contributed by atoms with Gasteiger partial charge in [-0.05, 0) is 17.7 Å². The molecule has 0 aromatic heterocycles. The second-order valence-electron chi connectivity index (χ2n) is 7.01. The first-order valence-corrected chi connectivity index (χ1v) is 9.28. The number of non-ortho nitro benzene ring substituents is 1. The quantitative estimate of drug-likeness (QED) is 0.0808. The van der Waals surface area contributed by atoms with Gasteiger partial charge in [-0.25, -0.2) is 0 Å². The molecule has 0 radical (unpaired) electrons. The minimum atomic E-state index is -2.34. The molecule has 0 aliphatic carbocycles. The molecule has 1 amide bonds. The number of hydrogen-bond acceptors (Lipinski definition) is 11. The number of carbonyl (C=O) groups excluding carboxylic acids is 1. The minimum Gasteiger partial charge on any atom is -0.459 e. The molecule has 0 bridgehead atoms. The van der Waals surface area contributed by atoms with Gasteiger partial charge in [0, 0.05) is 24.0 Å². The maximum absolute atomic E-state index is 11.6. The van der Waals surface area contributed by atoms with Gasteiger partial charge in [0.2, 0.25) is 11.7 Å². The van der Waals surface area contributed by atoms with Crippen LogP contribution >= 0.6 is 0 Å². The SMILES string of the molecule is CC(=O)N[C@@H]1[C@@H](O)[C@@H](N=[N+]=[N-])[C@@](CO)(Oc2ccc([N+](=O)[O-])cc2)O[C@H]1[C@H](O)[C@H](O)CO. The standard InChI is InChI=1S/C17H23N5O10/c1-8(25)19-12-14(28)16(20-21-18)17(7-24,32-15(12)13(27)11(26)6-23)31-10-4-2-9(3-5-10)22(29)30/h2-5,11-16,23-24,26-28H,6-7H2,1H3,(H,19,25)/t11-,12-,13-,14-,15-,16-,17+/m1/s1. The van der Waals surface area contributed by atoms with Gasteiger partial charge in [0.25, 0.3) is 5.69 Å². The average molecular weight is 457 g/mol. The topological polar surface area (TPSA) is 241 Å². The Kier molecular flexibility index (Phi) is 8.29. The van der Waals surface area contributed by atoms with E-state index in [-0.39, 0.29) is 11.4 Å². The Labute approximate surface area is 180 Å². The van der Waals surface area contributed by atoms with Gasteiger partial charge in [-0.3, -0.25) is 14.9 Å². The zero-order chi connectivity index (χ0) is 24.1. The number of aliphatic hydroxyl groups excluding tert-OH is 5. The molecule has 0 unspecified atom stereocenters. The summed E-state index contributed by atoms with van der Waals surface area (Å²) in [7, 11) is 0. The predicted molar refractivity (Wildman–Crippen MR) is 104 cm³/mol. The number of azide groups is 1. The van der Waals surface area contributed by atoms with Crippen molar-refractivity contribution in [2.45, 2.75) is 49.2 Å². The lowest BCUT2D eigenvalue weighted by atomic mass is 9.85. The molecule has 1 fully saturated rings. The number of nitro benzene ring substituents is 1. The normalized spacial score (nSPS) is 29.3. The van der Waals surface area contributed by atoms with E-state index in [0.29, 0.717) is 0 Å². The van der Waals surface area contributed by atoms with Crippen LogP contribution in [0.1, 0.15) is 6.92 Å². The third-order valence-electron chi connectivity index (χ3n) is 4.85. The van der Waals surface area contributed by atoms with Gasteiger partial charge in [-0.15, -0.1) is 0 Å². The van der Waals surface area contributed by atoms with E-state index in [1.807, 2.05) is 0 Å². The number of nitrogens with one attached hydrogen (secondary N) is 1. The summed E-state index contributed by atoms with van der Waals surface area (Å²) in [6.07, 6.45) is -7.09. The number of ether oxygens (including phenoxy) is 2. The molecule has 2 rings (SSSR count). The number of benzene rings is 1. The van der Waals surface area contributed by atoms with Crippen LogP contribution < -0.4 is 10.1 Å². The zero-order valence-corrected chi connectivity index (χ0v) is 16.8. The van der Waals surface area contributed by atoms with Crippen LogP contribution in [0, 0.1) is 10.1 Å². The van der Waals surface area contributed by atoms with E-state index < -0.39 is 66.3 Å². The van der Waals surface area contributed by atoms with Crippen molar-refractivity contribution in [1.29, 1.82) is 0 Å². The molecular formula is C17H23N5O10. The average Bonchev–Trinajstić information content (AvgIpc) is 2.77. The lowest BCUT2D eigenvalue weighted by Crippen LogP contribution is -2.73. The van der Waals surface area contributed by atoms with Crippen LogP contribution in [-0.2, 0) is 9.53 Å². The number of hydrogen-bond donors (Lipinski definition) is 6. The van der Waals surface area contributed by atoms with Crippen molar-refractivity contribution < 1.29 is 44.7 Å². The van der Waals surface area contributed by atoms with E-state index in [1.54, 1.807) is 0 Å². The summed E-state index contributed by atoms with van der Waals surface area (Å²) in [5.74, 6) is -3.10. The Morgan fingerprint density at radius 1 is 1.41 bits per heavy atom. The van der Waals surface area contributed by atoms with Crippen LogP contribution in [0.15, 0.2) is 29.4 Å². The summed E-state index contributed by atoms with van der Waals surface area (Å²) >= 11 is 0. The van der Waals surface area contributed by atoms with Crippen LogP contribution in [0.2, 0.25) is 0 Å². The first-order valence-electron chi connectivity index (χ1n) is 9.28. The van der Waals surface area contributed by atoms with E-state index in [0.717, 1.165) is 31.2 Å². The summed E-state index contributed by atoms with van der Waals surface area (Å²) in [5.41, 5.74) is 8.70. The largest absolute Gasteiger partial charge is 0.459 e. The molecule has 1 aliphatic heterocycles. The summed E-state index contributed by atoms with van der Waals surface area (Å²) in [6.45, 7) is -0.850. The lowest BCUT2D eigenvalue weighted by Gasteiger charge is -2.50. The summed E-state index contributed by atoms with van der Waals surface area (Å²) in [4.78, 5) is 24.4. The third-order valence-corrected chi connectivity index (χ3v) is 4.85. The smallest absolute Gasteiger partial charge is 0.269 e. The van der Waals surface area contributed by atoms with Gasteiger partial charge in [0.05, 0.1) is 23.7 Å². The number of amides is 1. The summed E-state index contributed by atoms with van der Waals surface area (Å²) < 4.78 is 11.3.